The average molecular weight is 290 g/mol. The van der Waals surface area contributed by atoms with Crippen LogP contribution in [0.1, 0.15) is 5.56 Å². The van der Waals surface area contributed by atoms with Gasteiger partial charge in [0, 0.05) is 12.1 Å². The summed E-state index contributed by atoms with van der Waals surface area (Å²) in [5.41, 5.74) is -1.14. The van der Waals surface area contributed by atoms with Gasteiger partial charge in [0.2, 0.25) is 0 Å². The molecule has 7 heteroatoms. The van der Waals surface area contributed by atoms with Gasteiger partial charge in [-0.2, -0.15) is 8.78 Å². The molecule has 0 unspecified atom stereocenters. The van der Waals surface area contributed by atoms with E-state index in [4.69, 9.17) is 5.11 Å². The second-order valence-electron chi connectivity index (χ2n) is 3.86. The number of hydrogen-bond acceptors (Lipinski definition) is 2. The number of rotatable bonds is 3. The zero-order chi connectivity index (χ0) is 14.9. The topological polar surface area (TPSA) is 29.5 Å². The first-order chi connectivity index (χ1) is 9.29. The predicted octanol–water partition coefficient (Wildman–Crippen LogP) is 3.94. The van der Waals surface area contributed by atoms with E-state index in [1.807, 2.05) is 0 Å². The first-order valence-corrected chi connectivity index (χ1v) is 5.30. The largest absolute Gasteiger partial charge is 0.508 e. The van der Waals surface area contributed by atoms with Crippen molar-refractivity contribution in [2.75, 3.05) is 0 Å². The first kappa shape index (κ1) is 14.1. The lowest BCUT2D eigenvalue weighted by atomic mass is 10.2. The number of aromatic hydroxyl groups is 1. The number of halogens is 5. The fourth-order valence-electron chi connectivity index (χ4n) is 1.48. The summed E-state index contributed by atoms with van der Waals surface area (Å²) in [5.74, 6) is -5.19. The SMILES string of the molecule is Oc1ccc(C(F)(F)Oc2ccc(F)c(F)c2)c(F)c1. The molecule has 2 aromatic carbocycles. The lowest BCUT2D eigenvalue weighted by molar-refractivity contribution is -0.187. The molecule has 0 bridgehead atoms. The van der Waals surface area contributed by atoms with E-state index in [-0.39, 0.29) is 0 Å². The highest BCUT2D eigenvalue weighted by atomic mass is 19.3. The van der Waals surface area contributed by atoms with Crippen LogP contribution < -0.4 is 4.74 Å². The Morgan fingerprint density at radius 1 is 0.850 bits per heavy atom. The second-order valence-corrected chi connectivity index (χ2v) is 3.86. The number of hydrogen-bond donors (Lipinski definition) is 1. The molecular weight excluding hydrogens is 283 g/mol. The Hall–Kier alpha value is -2.31. The van der Waals surface area contributed by atoms with E-state index in [0.717, 1.165) is 12.1 Å². The Balaban J connectivity index is 2.32. The summed E-state index contributed by atoms with van der Waals surface area (Å²) in [4.78, 5) is 0. The van der Waals surface area contributed by atoms with Gasteiger partial charge < -0.3 is 9.84 Å². The quantitative estimate of drug-likeness (QED) is 0.868. The van der Waals surface area contributed by atoms with Gasteiger partial charge in [-0.3, -0.25) is 0 Å². The van der Waals surface area contributed by atoms with E-state index in [9.17, 15) is 22.0 Å². The molecule has 2 nitrogen and oxygen atoms in total. The number of phenols is 1. The number of phenolic OH excluding ortho intramolecular Hbond substituents is 1. The molecule has 0 aromatic heterocycles. The zero-order valence-corrected chi connectivity index (χ0v) is 9.71. The monoisotopic (exact) mass is 290 g/mol. The summed E-state index contributed by atoms with van der Waals surface area (Å²) in [7, 11) is 0. The Morgan fingerprint density at radius 3 is 2.15 bits per heavy atom. The third-order valence-electron chi connectivity index (χ3n) is 2.40. The van der Waals surface area contributed by atoms with Gasteiger partial charge in [0.05, 0.1) is 0 Å². The van der Waals surface area contributed by atoms with E-state index in [2.05, 4.69) is 4.74 Å². The van der Waals surface area contributed by atoms with Crippen molar-refractivity contribution in [3.63, 3.8) is 0 Å². The molecule has 1 N–H and O–H groups in total. The van der Waals surface area contributed by atoms with Crippen LogP contribution in [0.5, 0.6) is 11.5 Å². The van der Waals surface area contributed by atoms with Gasteiger partial charge in [-0.25, -0.2) is 13.2 Å². The molecule has 20 heavy (non-hydrogen) atoms. The maximum atomic E-state index is 13.7. The lowest BCUT2D eigenvalue weighted by Gasteiger charge is -2.18. The van der Waals surface area contributed by atoms with Crippen LogP contribution in [-0.4, -0.2) is 5.11 Å². The summed E-state index contributed by atoms with van der Waals surface area (Å²) in [6, 6.07) is 3.77. The lowest BCUT2D eigenvalue weighted by Crippen LogP contribution is -2.23. The molecule has 106 valence electrons. The highest BCUT2D eigenvalue weighted by molar-refractivity contribution is 5.31. The highest BCUT2D eigenvalue weighted by Gasteiger charge is 2.37. The Morgan fingerprint density at radius 2 is 1.55 bits per heavy atom. The summed E-state index contributed by atoms with van der Waals surface area (Å²) < 4.78 is 70.5. The molecule has 0 aliphatic carbocycles. The number of benzene rings is 2. The van der Waals surface area contributed by atoms with Crippen molar-refractivity contribution >= 4 is 0 Å². The van der Waals surface area contributed by atoms with Crippen LogP contribution in [0.15, 0.2) is 36.4 Å². The van der Waals surface area contributed by atoms with Gasteiger partial charge >= 0.3 is 6.11 Å². The number of alkyl halides is 2. The molecule has 2 rings (SSSR count). The molecule has 2 aromatic rings. The third-order valence-corrected chi connectivity index (χ3v) is 2.40. The van der Waals surface area contributed by atoms with E-state index in [0.29, 0.717) is 24.3 Å². The van der Waals surface area contributed by atoms with Crippen LogP contribution in [0.3, 0.4) is 0 Å². The maximum absolute atomic E-state index is 13.7. The Bertz CT molecular complexity index is 643. The van der Waals surface area contributed by atoms with Crippen LogP contribution in [0.25, 0.3) is 0 Å². The van der Waals surface area contributed by atoms with Crippen LogP contribution in [0, 0.1) is 17.5 Å². The van der Waals surface area contributed by atoms with Crippen LogP contribution >= 0.6 is 0 Å². The van der Waals surface area contributed by atoms with Crippen molar-refractivity contribution in [1.82, 2.24) is 0 Å². The average Bonchev–Trinajstić information content (AvgIpc) is 2.33. The van der Waals surface area contributed by atoms with Gasteiger partial charge in [0.25, 0.3) is 0 Å². The van der Waals surface area contributed by atoms with Gasteiger partial charge in [-0.05, 0) is 24.3 Å². The minimum Gasteiger partial charge on any atom is -0.508 e. The van der Waals surface area contributed by atoms with Gasteiger partial charge in [0.1, 0.15) is 22.9 Å². The smallest absolute Gasteiger partial charge is 0.429 e. The van der Waals surface area contributed by atoms with E-state index in [1.54, 1.807) is 0 Å². The molecular formula is C13H7F5O2. The van der Waals surface area contributed by atoms with Crippen molar-refractivity contribution in [2.45, 2.75) is 6.11 Å². The fraction of sp³-hybridized carbons (Fsp3) is 0.0769. The molecule has 0 heterocycles. The molecule has 0 atom stereocenters. The molecule has 0 spiro atoms. The summed E-state index contributed by atoms with van der Waals surface area (Å²) >= 11 is 0. The van der Waals surface area contributed by atoms with Gasteiger partial charge in [-0.15, -0.1) is 0 Å². The molecule has 0 saturated heterocycles. The maximum Gasteiger partial charge on any atom is 0.429 e. The summed E-state index contributed by atoms with van der Waals surface area (Å²) in [5, 5.41) is 8.94. The Labute approximate surface area is 110 Å². The van der Waals surface area contributed by atoms with Crippen molar-refractivity contribution < 1.29 is 31.8 Å². The second kappa shape index (κ2) is 4.99. The molecule has 0 aliphatic heterocycles. The van der Waals surface area contributed by atoms with Crippen molar-refractivity contribution in [3.8, 4) is 11.5 Å². The van der Waals surface area contributed by atoms with Crippen molar-refractivity contribution in [3.05, 3.63) is 59.4 Å². The molecule has 0 aliphatic rings. The van der Waals surface area contributed by atoms with Crippen LogP contribution in [0.4, 0.5) is 22.0 Å². The normalized spacial score (nSPS) is 11.4. The minimum absolute atomic E-state index is 0.418. The van der Waals surface area contributed by atoms with E-state index < -0.39 is 40.6 Å². The predicted molar refractivity (Wildman–Crippen MR) is 58.9 cm³/mol. The molecule has 0 saturated carbocycles. The van der Waals surface area contributed by atoms with E-state index in [1.165, 1.54) is 0 Å². The highest BCUT2D eigenvalue weighted by Crippen LogP contribution is 2.34. The van der Waals surface area contributed by atoms with E-state index >= 15 is 0 Å². The fourth-order valence-corrected chi connectivity index (χ4v) is 1.48. The van der Waals surface area contributed by atoms with Crippen LogP contribution in [0.2, 0.25) is 0 Å². The van der Waals surface area contributed by atoms with Crippen molar-refractivity contribution in [2.24, 2.45) is 0 Å². The van der Waals surface area contributed by atoms with Gasteiger partial charge in [0.15, 0.2) is 11.6 Å². The molecule has 0 radical (unpaired) electrons. The standard InChI is InChI=1S/C13H7F5O2/c14-10-4-2-8(6-12(10)16)20-13(17,18)9-3-1-7(19)5-11(9)15/h1-6,19H. The minimum atomic E-state index is -4.11. The van der Waals surface area contributed by atoms with Gasteiger partial charge in [-0.1, -0.05) is 0 Å². The third kappa shape index (κ3) is 2.81. The van der Waals surface area contributed by atoms with Crippen LogP contribution in [-0.2, 0) is 6.11 Å². The zero-order valence-electron chi connectivity index (χ0n) is 9.71. The first-order valence-electron chi connectivity index (χ1n) is 5.30. The summed E-state index contributed by atoms with van der Waals surface area (Å²) in [6.07, 6.45) is -4.11. The molecule has 0 amide bonds. The summed E-state index contributed by atoms with van der Waals surface area (Å²) in [6.45, 7) is 0. The van der Waals surface area contributed by atoms with Crippen molar-refractivity contribution in [1.29, 1.82) is 0 Å². The Kier molecular flexibility index (Phi) is 3.52. The molecule has 0 fully saturated rings. The number of ether oxygens (including phenoxy) is 1.